The number of amides is 2. The van der Waals surface area contributed by atoms with Crippen LogP contribution in [0.1, 0.15) is 48.5 Å². The van der Waals surface area contributed by atoms with Gasteiger partial charge in [0.2, 0.25) is 17.6 Å². The minimum absolute atomic E-state index is 0. The molecule has 0 radical (unpaired) electrons. The highest BCUT2D eigenvalue weighted by Crippen LogP contribution is 2.29. The van der Waals surface area contributed by atoms with Crippen molar-refractivity contribution in [2.45, 2.75) is 45.1 Å². The summed E-state index contributed by atoms with van der Waals surface area (Å²) >= 11 is 0. The number of nitrogens with one attached hydrogen (secondary N) is 3. The SMILES string of the molecule is CCOC(=O)c1cccc(-c2ccc(C[C@H](NC(=O)C3CCC(CN)CC3)C(=O)Nc3ccc(-c4nn[nH]n4)cc3)cc2)c1F.Cl. The lowest BCUT2D eigenvalue weighted by molar-refractivity contribution is -0.130. The molecule has 0 unspecified atom stereocenters. The van der Waals surface area contributed by atoms with Crippen molar-refractivity contribution in [2.75, 3.05) is 18.5 Å². The average Bonchev–Trinajstić information content (AvgIpc) is 3.61. The topological polar surface area (TPSA) is 165 Å². The van der Waals surface area contributed by atoms with E-state index in [1.54, 1.807) is 67.6 Å². The molecule has 1 atom stereocenters. The molecule has 4 aromatic rings. The van der Waals surface area contributed by atoms with Crippen LogP contribution in [-0.4, -0.2) is 57.6 Å². The van der Waals surface area contributed by atoms with Gasteiger partial charge in [-0.1, -0.05) is 36.4 Å². The molecular weight excluding hydrogens is 613 g/mol. The van der Waals surface area contributed by atoms with E-state index < -0.39 is 17.8 Å². The molecule has 2 amide bonds. The van der Waals surface area contributed by atoms with Crippen molar-refractivity contribution < 1.29 is 23.5 Å². The van der Waals surface area contributed by atoms with E-state index in [1.165, 1.54) is 6.07 Å². The van der Waals surface area contributed by atoms with Crippen LogP contribution in [0, 0.1) is 17.7 Å². The molecule has 46 heavy (non-hydrogen) atoms. The van der Waals surface area contributed by atoms with Crippen LogP contribution in [0.5, 0.6) is 0 Å². The van der Waals surface area contributed by atoms with Gasteiger partial charge in [-0.2, -0.15) is 5.21 Å². The number of hydrogen-bond acceptors (Lipinski definition) is 8. The van der Waals surface area contributed by atoms with Crippen molar-refractivity contribution in [3.63, 3.8) is 0 Å². The molecule has 11 nitrogen and oxygen atoms in total. The number of H-pyrrole nitrogens is 1. The van der Waals surface area contributed by atoms with Crippen LogP contribution < -0.4 is 16.4 Å². The van der Waals surface area contributed by atoms with Crippen molar-refractivity contribution in [1.29, 1.82) is 0 Å². The fourth-order valence-electron chi connectivity index (χ4n) is 5.55. The monoisotopic (exact) mass is 649 g/mol. The first-order valence-electron chi connectivity index (χ1n) is 15.1. The fraction of sp³-hybridized carbons (Fsp3) is 0.333. The molecule has 242 valence electrons. The Labute approximate surface area is 272 Å². The van der Waals surface area contributed by atoms with Gasteiger partial charge >= 0.3 is 5.97 Å². The molecule has 0 saturated heterocycles. The largest absolute Gasteiger partial charge is 0.462 e. The summed E-state index contributed by atoms with van der Waals surface area (Å²) in [6.07, 6.45) is 3.43. The highest BCUT2D eigenvalue weighted by Gasteiger charge is 2.29. The summed E-state index contributed by atoms with van der Waals surface area (Å²) in [4.78, 5) is 39.0. The summed E-state index contributed by atoms with van der Waals surface area (Å²) in [6.45, 7) is 2.41. The molecule has 1 heterocycles. The highest BCUT2D eigenvalue weighted by atomic mass is 35.5. The second kappa shape index (κ2) is 16.1. The molecule has 0 aliphatic heterocycles. The van der Waals surface area contributed by atoms with E-state index in [-0.39, 0.29) is 54.3 Å². The Morgan fingerprint density at radius 2 is 1.70 bits per heavy atom. The first kappa shape index (κ1) is 34.2. The molecule has 5 rings (SSSR count). The lowest BCUT2D eigenvalue weighted by Gasteiger charge is -2.28. The average molecular weight is 650 g/mol. The second-order valence-corrected chi connectivity index (χ2v) is 11.1. The Morgan fingerprint density at radius 1 is 1.00 bits per heavy atom. The Kier molecular flexibility index (Phi) is 11.9. The zero-order chi connectivity index (χ0) is 31.8. The lowest BCUT2D eigenvalue weighted by Crippen LogP contribution is -2.48. The van der Waals surface area contributed by atoms with Gasteiger partial charge in [0.05, 0.1) is 12.2 Å². The van der Waals surface area contributed by atoms with Gasteiger partial charge in [0, 0.05) is 29.2 Å². The van der Waals surface area contributed by atoms with Gasteiger partial charge < -0.3 is 21.1 Å². The molecule has 1 aliphatic rings. The van der Waals surface area contributed by atoms with Crippen molar-refractivity contribution in [1.82, 2.24) is 25.9 Å². The highest BCUT2D eigenvalue weighted by molar-refractivity contribution is 5.98. The smallest absolute Gasteiger partial charge is 0.341 e. The first-order valence-corrected chi connectivity index (χ1v) is 15.1. The lowest BCUT2D eigenvalue weighted by atomic mass is 9.81. The molecule has 13 heteroatoms. The number of benzene rings is 3. The normalized spacial score (nSPS) is 16.5. The van der Waals surface area contributed by atoms with Crippen molar-refractivity contribution >= 4 is 35.9 Å². The number of ether oxygens (including phenoxy) is 1. The number of nitrogens with zero attached hydrogens (tertiary/aromatic N) is 3. The third-order valence-electron chi connectivity index (χ3n) is 8.14. The van der Waals surface area contributed by atoms with Crippen molar-refractivity contribution in [2.24, 2.45) is 17.6 Å². The predicted molar refractivity (Wildman–Crippen MR) is 173 cm³/mol. The third kappa shape index (κ3) is 8.32. The number of aromatic amines is 1. The van der Waals surface area contributed by atoms with Gasteiger partial charge in [0.25, 0.3) is 0 Å². The molecule has 1 fully saturated rings. The molecular formula is C33H37ClFN7O4. The van der Waals surface area contributed by atoms with E-state index in [2.05, 4.69) is 31.3 Å². The van der Waals surface area contributed by atoms with Gasteiger partial charge in [-0.05, 0) is 91.7 Å². The van der Waals surface area contributed by atoms with Crippen LogP contribution in [0.2, 0.25) is 0 Å². The number of tetrazole rings is 1. The zero-order valence-corrected chi connectivity index (χ0v) is 26.2. The summed E-state index contributed by atoms with van der Waals surface area (Å²) in [6, 6.07) is 17.7. The number of anilines is 1. The third-order valence-corrected chi connectivity index (χ3v) is 8.14. The minimum Gasteiger partial charge on any atom is -0.462 e. The van der Waals surface area contributed by atoms with Gasteiger partial charge in [-0.3, -0.25) is 9.59 Å². The summed E-state index contributed by atoms with van der Waals surface area (Å²) < 4.78 is 20.2. The van der Waals surface area contributed by atoms with Gasteiger partial charge in [0.15, 0.2) is 0 Å². The van der Waals surface area contributed by atoms with E-state index in [4.69, 9.17) is 10.5 Å². The number of halogens is 2. The Morgan fingerprint density at radius 3 is 2.33 bits per heavy atom. The van der Waals surface area contributed by atoms with Crippen LogP contribution in [0.4, 0.5) is 10.1 Å². The number of rotatable bonds is 11. The summed E-state index contributed by atoms with van der Waals surface area (Å²) in [5.74, 6) is -1.25. The van der Waals surface area contributed by atoms with Crippen molar-refractivity contribution in [3.05, 3.63) is 83.7 Å². The molecule has 1 aromatic heterocycles. The number of nitrogens with two attached hydrogens (primary N) is 1. The summed E-state index contributed by atoms with van der Waals surface area (Å²) in [5.41, 5.74) is 8.54. The predicted octanol–water partition coefficient (Wildman–Crippen LogP) is 4.70. The molecule has 5 N–H and O–H groups in total. The molecule has 1 aliphatic carbocycles. The Bertz CT molecular complexity index is 1610. The van der Waals surface area contributed by atoms with Gasteiger partial charge in [-0.15, -0.1) is 22.6 Å². The van der Waals surface area contributed by atoms with Crippen LogP contribution in [0.15, 0.2) is 66.7 Å². The Balaban J connectivity index is 0.00000480. The Hall–Kier alpha value is -4.68. The second-order valence-electron chi connectivity index (χ2n) is 11.1. The van der Waals surface area contributed by atoms with Crippen LogP contribution in [-0.2, 0) is 20.7 Å². The minimum atomic E-state index is -0.864. The maximum absolute atomic E-state index is 15.2. The van der Waals surface area contributed by atoms with Crippen LogP contribution in [0.3, 0.4) is 0 Å². The van der Waals surface area contributed by atoms with E-state index in [9.17, 15) is 14.4 Å². The number of aromatic nitrogens is 4. The maximum Gasteiger partial charge on any atom is 0.341 e. The summed E-state index contributed by atoms with van der Waals surface area (Å²) in [7, 11) is 0. The van der Waals surface area contributed by atoms with E-state index >= 15 is 4.39 Å². The van der Waals surface area contributed by atoms with Crippen molar-refractivity contribution in [3.8, 4) is 22.5 Å². The maximum atomic E-state index is 15.2. The van der Waals surface area contributed by atoms with E-state index in [1.807, 2.05) is 0 Å². The molecule has 0 spiro atoms. The van der Waals surface area contributed by atoms with E-state index in [0.29, 0.717) is 29.5 Å². The molecule has 0 bridgehead atoms. The number of carbonyl (C=O) groups is 3. The quantitative estimate of drug-likeness (QED) is 0.170. The van der Waals surface area contributed by atoms with Gasteiger partial charge in [0.1, 0.15) is 11.9 Å². The standard InChI is InChI=1S/C33H36FN7O4.ClH/c1-2-45-33(44)27-5-3-4-26(29(27)34)22-10-6-20(7-11-22)18-28(37-31(42)24-12-8-21(19-35)9-13-24)32(43)36-25-16-14-23(15-17-25)30-38-40-41-39-30;/h3-7,10-11,14-17,21,24,28H,2,8-9,12-13,18-19,35H2,1H3,(H,36,43)(H,37,42)(H,38,39,40,41);1H/t21?,24?,28-;/m0./s1. The molecule has 3 aromatic carbocycles. The first-order chi connectivity index (χ1) is 21.9. The molecule has 1 saturated carbocycles. The fourth-order valence-corrected chi connectivity index (χ4v) is 5.55. The number of carbonyl (C=O) groups excluding carboxylic acids is 3. The number of hydrogen-bond donors (Lipinski definition) is 4. The van der Waals surface area contributed by atoms with E-state index in [0.717, 1.165) is 36.8 Å². The summed E-state index contributed by atoms with van der Waals surface area (Å²) in [5, 5.41) is 19.8. The van der Waals surface area contributed by atoms with Gasteiger partial charge in [-0.25, -0.2) is 9.18 Å². The zero-order valence-electron chi connectivity index (χ0n) is 25.4. The van der Waals surface area contributed by atoms with Crippen LogP contribution >= 0.6 is 12.4 Å². The van der Waals surface area contributed by atoms with Crippen LogP contribution in [0.25, 0.3) is 22.5 Å². The number of esters is 1.